The molecule has 1 fully saturated rings. The molecule has 0 bridgehead atoms. The fourth-order valence-corrected chi connectivity index (χ4v) is 3.79. The Morgan fingerprint density at radius 1 is 1.03 bits per heavy atom. The van der Waals surface area contributed by atoms with Crippen molar-refractivity contribution >= 4 is 23.1 Å². The van der Waals surface area contributed by atoms with Crippen molar-refractivity contribution in [3.8, 4) is 11.5 Å². The van der Waals surface area contributed by atoms with Crippen LogP contribution in [-0.4, -0.2) is 28.5 Å². The first-order valence-electron chi connectivity index (χ1n) is 10.1. The number of hydrogen-bond donors (Lipinski definition) is 2. The zero-order valence-corrected chi connectivity index (χ0v) is 17.5. The Morgan fingerprint density at radius 2 is 1.76 bits per heavy atom. The molecule has 1 unspecified atom stereocenters. The summed E-state index contributed by atoms with van der Waals surface area (Å²) >= 11 is 0. The van der Waals surface area contributed by atoms with Crippen LogP contribution in [0, 0.1) is 11.6 Å². The normalized spacial score (nSPS) is 17.4. The summed E-state index contributed by atoms with van der Waals surface area (Å²) in [5.74, 6) is -4.07. The highest BCUT2D eigenvalue weighted by Crippen LogP contribution is 2.43. The molecule has 33 heavy (non-hydrogen) atoms. The largest absolute Gasteiger partial charge is 0.508 e. The Labute approximate surface area is 188 Å². The minimum Gasteiger partial charge on any atom is -0.508 e. The van der Waals surface area contributed by atoms with Crippen LogP contribution in [-0.2, 0) is 9.59 Å². The maximum Gasteiger partial charge on any atom is 0.300 e. The fourth-order valence-electron chi connectivity index (χ4n) is 3.79. The van der Waals surface area contributed by atoms with E-state index >= 15 is 0 Å². The minimum absolute atomic E-state index is 0.168. The standard InChI is InChI=1S/C25H19F2NO5/c1-2-33-18-9-6-14(7-10-18)23(30)21-22(15-4-3-5-17(29)12-15)28(25(32)24(21)31)20-13-16(26)8-11-19(20)27/h3-13,22,29-30H,2H2,1H3/b23-21+. The number of phenols is 1. The topological polar surface area (TPSA) is 87.1 Å². The van der Waals surface area contributed by atoms with Gasteiger partial charge in [0.25, 0.3) is 11.7 Å². The molecule has 0 aromatic heterocycles. The third-order valence-electron chi connectivity index (χ3n) is 5.24. The number of carbonyl (C=O) groups is 2. The molecule has 0 aliphatic carbocycles. The van der Waals surface area contributed by atoms with E-state index in [9.17, 15) is 28.6 Å². The van der Waals surface area contributed by atoms with Crippen LogP contribution >= 0.6 is 0 Å². The van der Waals surface area contributed by atoms with E-state index in [1.165, 1.54) is 36.4 Å². The molecule has 1 aliphatic heterocycles. The summed E-state index contributed by atoms with van der Waals surface area (Å²) in [5, 5.41) is 21.0. The van der Waals surface area contributed by atoms with Gasteiger partial charge in [-0.05, 0) is 61.0 Å². The lowest BCUT2D eigenvalue weighted by atomic mass is 9.95. The Balaban J connectivity index is 1.93. The van der Waals surface area contributed by atoms with Crippen LogP contribution in [0.1, 0.15) is 24.1 Å². The van der Waals surface area contributed by atoms with Gasteiger partial charge in [-0.2, -0.15) is 0 Å². The van der Waals surface area contributed by atoms with Crippen LogP contribution in [0.15, 0.2) is 72.3 Å². The molecule has 1 heterocycles. The van der Waals surface area contributed by atoms with Gasteiger partial charge in [-0.25, -0.2) is 8.78 Å². The SMILES string of the molecule is CCOc1ccc(/C(O)=C2\C(=O)C(=O)N(c3cc(F)ccc3F)C2c2cccc(O)c2)cc1. The second-order valence-electron chi connectivity index (χ2n) is 7.32. The number of halogens is 2. The molecular weight excluding hydrogens is 432 g/mol. The molecular formula is C25H19F2NO5. The molecule has 3 aromatic rings. The number of Topliss-reactive ketones (excluding diaryl/α,β-unsaturated/α-hetero) is 1. The van der Waals surface area contributed by atoms with Gasteiger partial charge in [-0.15, -0.1) is 0 Å². The van der Waals surface area contributed by atoms with Crippen molar-refractivity contribution in [1.82, 2.24) is 0 Å². The van der Waals surface area contributed by atoms with Crippen molar-refractivity contribution in [3.63, 3.8) is 0 Å². The van der Waals surface area contributed by atoms with Crippen molar-refractivity contribution in [2.45, 2.75) is 13.0 Å². The van der Waals surface area contributed by atoms with Crippen LogP contribution in [0.2, 0.25) is 0 Å². The van der Waals surface area contributed by atoms with Crippen molar-refractivity contribution in [3.05, 3.63) is 95.1 Å². The van der Waals surface area contributed by atoms with Crippen LogP contribution in [0.25, 0.3) is 5.76 Å². The van der Waals surface area contributed by atoms with Gasteiger partial charge >= 0.3 is 0 Å². The van der Waals surface area contributed by atoms with Gasteiger partial charge in [0.1, 0.15) is 28.9 Å². The number of benzene rings is 3. The van der Waals surface area contributed by atoms with E-state index in [0.29, 0.717) is 12.4 Å². The summed E-state index contributed by atoms with van der Waals surface area (Å²) < 4.78 is 34.0. The lowest BCUT2D eigenvalue weighted by Crippen LogP contribution is -2.30. The first-order valence-corrected chi connectivity index (χ1v) is 10.1. The summed E-state index contributed by atoms with van der Waals surface area (Å²) in [6.45, 7) is 2.25. The number of phenolic OH excluding ortho intramolecular Hbond substituents is 1. The van der Waals surface area contributed by atoms with Crippen molar-refractivity contribution in [1.29, 1.82) is 0 Å². The number of ether oxygens (including phenoxy) is 1. The van der Waals surface area contributed by atoms with Gasteiger partial charge in [0, 0.05) is 11.6 Å². The van der Waals surface area contributed by atoms with Crippen molar-refractivity contribution < 1.29 is 33.3 Å². The van der Waals surface area contributed by atoms with Gasteiger partial charge < -0.3 is 14.9 Å². The van der Waals surface area contributed by atoms with Crippen LogP contribution in [0.4, 0.5) is 14.5 Å². The van der Waals surface area contributed by atoms with E-state index in [0.717, 1.165) is 23.1 Å². The van der Waals surface area contributed by atoms with Crippen LogP contribution < -0.4 is 9.64 Å². The molecule has 0 spiro atoms. The molecule has 168 valence electrons. The summed E-state index contributed by atoms with van der Waals surface area (Å²) in [6.07, 6.45) is 0. The monoisotopic (exact) mass is 451 g/mol. The zero-order chi connectivity index (χ0) is 23.7. The van der Waals surface area contributed by atoms with E-state index in [1.807, 2.05) is 6.92 Å². The maximum atomic E-state index is 14.6. The predicted molar refractivity (Wildman–Crippen MR) is 117 cm³/mol. The molecule has 1 aliphatic rings. The number of nitrogens with zero attached hydrogens (tertiary/aromatic N) is 1. The number of anilines is 1. The molecule has 0 saturated carbocycles. The molecule has 1 atom stereocenters. The lowest BCUT2D eigenvalue weighted by molar-refractivity contribution is -0.132. The average molecular weight is 451 g/mol. The smallest absolute Gasteiger partial charge is 0.300 e. The first kappa shape index (κ1) is 22.0. The number of rotatable bonds is 5. The molecule has 4 rings (SSSR count). The molecule has 2 N–H and O–H groups in total. The molecule has 1 amide bonds. The van der Waals surface area contributed by atoms with E-state index in [4.69, 9.17) is 4.74 Å². The number of aromatic hydroxyl groups is 1. The maximum absolute atomic E-state index is 14.6. The third-order valence-corrected chi connectivity index (χ3v) is 5.24. The highest BCUT2D eigenvalue weighted by atomic mass is 19.1. The number of ketones is 1. The zero-order valence-electron chi connectivity index (χ0n) is 17.5. The Morgan fingerprint density at radius 3 is 2.42 bits per heavy atom. The summed E-state index contributed by atoms with van der Waals surface area (Å²) in [4.78, 5) is 26.8. The van der Waals surface area contributed by atoms with Gasteiger partial charge in [0.05, 0.1) is 23.9 Å². The quantitative estimate of drug-likeness (QED) is 0.334. The molecule has 0 radical (unpaired) electrons. The van der Waals surface area contributed by atoms with E-state index < -0.39 is 40.8 Å². The fraction of sp³-hybridized carbons (Fsp3) is 0.120. The minimum atomic E-state index is -1.31. The van der Waals surface area contributed by atoms with Crippen LogP contribution in [0.3, 0.4) is 0 Å². The van der Waals surface area contributed by atoms with Gasteiger partial charge in [-0.3, -0.25) is 14.5 Å². The second kappa shape index (κ2) is 8.74. The molecule has 6 nitrogen and oxygen atoms in total. The Hall–Kier alpha value is -4.20. The van der Waals surface area contributed by atoms with Gasteiger partial charge in [0.2, 0.25) is 0 Å². The molecule has 3 aromatic carbocycles. The molecule has 8 heteroatoms. The van der Waals surface area contributed by atoms with Crippen molar-refractivity contribution in [2.24, 2.45) is 0 Å². The van der Waals surface area contributed by atoms with Gasteiger partial charge in [0.15, 0.2) is 0 Å². The van der Waals surface area contributed by atoms with Crippen molar-refractivity contribution in [2.75, 3.05) is 11.5 Å². The summed E-state index contributed by atoms with van der Waals surface area (Å²) in [5.41, 5.74) is -0.332. The number of amides is 1. The second-order valence-corrected chi connectivity index (χ2v) is 7.32. The van der Waals surface area contributed by atoms with E-state index in [1.54, 1.807) is 12.1 Å². The third kappa shape index (κ3) is 4.03. The molecule has 1 saturated heterocycles. The lowest BCUT2D eigenvalue weighted by Gasteiger charge is -2.26. The number of hydrogen-bond acceptors (Lipinski definition) is 5. The number of aliphatic hydroxyl groups excluding tert-OH is 1. The highest BCUT2D eigenvalue weighted by Gasteiger charge is 2.48. The first-order chi connectivity index (χ1) is 15.8. The Kier molecular flexibility index (Phi) is 5.83. The predicted octanol–water partition coefficient (Wildman–Crippen LogP) is 4.70. The number of carbonyl (C=O) groups excluding carboxylic acids is 2. The average Bonchev–Trinajstić information content (AvgIpc) is 3.06. The Bertz CT molecular complexity index is 1270. The highest BCUT2D eigenvalue weighted by molar-refractivity contribution is 6.51. The summed E-state index contributed by atoms with van der Waals surface area (Å²) in [6, 6.07) is 13.1. The van der Waals surface area contributed by atoms with Gasteiger partial charge in [-0.1, -0.05) is 12.1 Å². The van der Waals surface area contributed by atoms with Crippen LogP contribution in [0.5, 0.6) is 11.5 Å². The number of aliphatic hydroxyl groups is 1. The van der Waals surface area contributed by atoms with E-state index in [2.05, 4.69) is 0 Å². The summed E-state index contributed by atoms with van der Waals surface area (Å²) in [7, 11) is 0. The van der Waals surface area contributed by atoms with E-state index in [-0.39, 0.29) is 22.4 Å².